The molecule has 0 aromatic heterocycles. The molecule has 1 rings (SSSR count). The third-order valence-corrected chi connectivity index (χ3v) is 2.41. The molecule has 0 amide bonds. The highest BCUT2D eigenvalue weighted by molar-refractivity contribution is 6.09. The number of rotatable bonds is 4. The van der Waals surface area contributed by atoms with Gasteiger partial charge in [0.15, 0.2) is 0 Å². The van der Waals surface area contributed by atoms with Gasteiger partial charge in [-0.2, -0.15) is 0 Å². The first-order chi connectivity index (χ1) is 6.88. The van der Waals surface area contributed by atoms with Crippen molar-refractivity contribution in [3.63, 3.8) is 0 Å². The highest BCUT2D eigenvalue weighted by Crippen LogP contribution is 2.47. The van der Waals surface area contributed by atoms with Gasteiger partial charge in [0.1, 0.15) is 23.4 Å². The lowest BCUT2D eigenvalue weighted by Gasteiger charge is -2.08. The number of ketones is 2. The average Bonchev–Trinajstić information content (AvgIpc) is 2.80. The fourth-order valence-electron chi connectivity index (χ4n) is 1.27. The second kappa shape index (κ2) is 3.92. The summed E-state index contributed by atoms with van der Waals surface area (Å²) in [7, 11) is 0. The Hall–Kier alpha value is -1.52. The molecule has 1 fully saturated rings. The minimum absolute atomic E-state index is 0.289. The summed E-state index contributed by atoms with van der Waals surface area (Å²) in [4.78, 5) is 44.0. The summed E-state index contributed by atoms with van der Waals surface area (Å²) in [5.74, 6) is -2.37. The van der Waals surface area contributed by atoms with E-state index in [9.17, 15) is 19.2 Å². The molecular weight excluding hydrogens is 200 g/mol. The van der Waals surface area contributed by atoms with Crippen molar-refractivity contribution in [1.82, 2.24) is 0 Å². The lowest BCUT2D eigenvalue weighted by molar-refractivity contribution is -0.164. The number of hydrogen-bond donors (Lipinski definition) is 0. The fourth-order valence-corrected chi connectivity index (χ4v) is 1.27. The van der Waals surface area contributed by atoms with E-state index in [1.807, 2.05) is 0 Å². The zero-order valence-electron chi connectivity index (χ0n) is 8.66. The molecule has 15 heavy (non-hydrogen) atoms. The van der Waals surface area contributed by atoms with Gasteiger partial charge in [0.2, 0.25) is 0 Å². The van der Waals surface area contributed by atoms with Crippen LogP contribution in [-0.4, -0.2) is 23.5 Å². The molecule has 0 saturated heterocycles. The molecule has 0 unspecified atom stereocenters. The van der Waals surface area contributed by atoms with Crippen LogP contribution in [0.2, 0.25) is 0 Å². The van der Waals surface area contributed by atoms with E-state index in [1.54, 1.807) is 0 Å². The topological polar surface area (TPSA) is 77.5 Å². The first kappa shape index (κ1) is 11.6. The van der Waals surface area contributed by atoms with E-state index < -0.39 is 23.8 Å². The number of carbonyl (C=O) groups is 4. The molecule has 0 aromatic carbocycles. The quantitative estimate of drug-likeness (QED) is 0.498. The lowest BCUT2D eigenvalue weighted by Crippen LogP contribution is -2.28. The molecule has 1 aliphatic rings. The maximum absolute atomic E-state index is 11.4. The monoisotopic (exact) mass is 212 g/mol. The third kappa shape index (κ3) is 2.49. The smallest absolute Gasteiger partial charge is 0.327 e. The van der Waals surface area contributed by atoms with Crippen molar-refractivity contribution < 1.29 is 23.9 Å². The molecule has 0 N–H and O–H groups in total. The average molecular weight is 212 g/mol. The van der Waals surface area contributed by atoms with E-state index in [2.05, 4.69) is 4.74 Å². The maximum Gasteiger partial charge on any atom is 0.327 e. The first-order valence-electron chi connectivity index (χ1n) is 4.64. The molecule has 0 heterocycles. The summed E-state index contributed by atoms with van der Waals surface area (Å²) in [6, 6.07) is 0. The van der Waals surface area contributed by atoms with Crippen LogP contribution < -0.4 is 0 Å². The van der Waals surface area contributed by atoms with Gasteiger partial charge in [0, 0.05) is 0 Å². The largest absolute Gasteiger partial charge is 0.392 e. The standard InChI is InChI=1S/C10H12O5/c1-6(11)5-8(13)15-9(14)10(3-4-10)7(2)12/h3-5H2,1-2H3. The summed E-state index contributed by atoms with van der Waals surface area (Å²) in [5.41, 5.74) is -1.10. The Labute approximate surface area is 86.8 Å². The van der Waals surface area contributed by atoms with Gasteiger partial charge in [-0.05, 0) is 26.7 Å². The van der Waals surface area contributed by atoms with Crippen molar-refractivity contribution in [3.8, 4) is 0 Å². The highest BCUT2D eigenvalue weighted by atomic mass is 16.6. The zero-order chi connectivity index (χ0) is 11.6. The second-order valence-electron chi connectivity index (χ2n) is 3.78. The van der Waals surface area contributed by atoms with Gasteiger partial charge in [0.05, 0.1) is 0 Å². The first-order valence-corrected chi connectivity index (χ1v) is 4.64. The van der Waals surface area contributed by atoms with Crippen molar-refractivity contribution in [2.24, 2.45) is 5.41 Å². The zero-order valence-corrected chi connectivity index (χ0v) is 8.66. The Balaban J connectivity index is 2.53. The van der Waals surface area contributed by atoms with E-state index in [0.717, 1.165) is 0 Å². The Morgan fingerprint density at radius 3 is 2.00 bits per heavy atom. The Kier molecular flexibility index (Phi) is 3.02. The normalized spacial score (nSPS) is 16.7. The molecule has 1 saturated carbocycles. The summed E-state index contributed by atoms with van der Waals surface area (Å²) in [6.07, 6.45) is 0.419. The van der Waals surface area contributed by atoms with E-state index >= 15 is 0 Å². The summed E-state index contributed by atoms with van der Waals surface area (Å²) >= 11 is 0. The summed E-state index contributed by atoms with van der Waals surface area (Å²) < 4.78 is 4.43. The Morgan fingerprint density at radius 1 is 1.13 bits per heavy atom. The van der Waals surface area contributed by atoms with Crippen LogP contribution in [0.4, 0.5) is 0 Å². The van der Waals surface area contributed by atoms with Crippen molar-refractivity contribution >= 4 is 23.5 Å². The van der Waals surface area contributed by atoms with Crippen LogP contribution in [0.15, 0.2) is 0 Å². The van der Waals surface area contributed by atoms with Crippen LogP contribution in [0.1, 0.15) is 33.1 Å². The molecule has 82 valence electrons. The third-order valence-electron chi connectivity index (χ3n) is 2.41. The highest BCUT2D eigenvalue weighted by Gasteiger charge is 2.56. The van der Waals surface area contributed by atoms with Crippen LogP contribution in [0, 0.1) is 5.41 Å². The van der Waals surface area contributed by atoms with E-state index in [1.165, 1.54) is 13.8 Å². The van der Waals surface area contributed by atoms with Crippen LogP contribution in [0.3, 0.4) is 0 Å². The molecular formula is C10H12O5. The predicted octanol–water partition coefficient (Wildman–Crippen LogP) is 0.404. The summed E-state index contributed by atoms with van der Waals surface area (Å²) in [5, 5.41) is 0. The van der Waals surface area contributed by atoms with Gasteiger partial charge < -0.3 is 4.74 Å². The lowest BCUT2D eigenvalue weighted by atomic mass is 10.0. The molecule has 0 bridgehead atoms. The fraction of sp³-hybridized carbons (Fsp3) is 0.600. The maximum atomic E-state index is 11.4. The molecule has 5 heteroatoms. The van der Waals surface area contributed by atoms with Gasteiger partial charge in [-0.25, -0.2) is 0 Å². The molecule has 0 radical (unpaired) electrons. The molecule has 0 aromatic rings. The molecule has 0 atom stereocenters. The number of Topliss-reactive ketones (excluding diaryl/α,β-unsaturated/α-hetero) is 2. The summed E-state index contributed by atoms with van der Waals surface area (Å²) in [6.45, 7) is 2.52. The number of ether oxygens (including phenoxy) is 1. The van der Waals surface area contributed by atoms with E-state index in [4.69, 9.17) is 0 Å². The van der Waals surface area contributed by atoms with Gasteiger partial charge in [-0.1, -0.05) is 0 Å². The molecule has 1 aliphatic carbocycles. The molecule has 0 aliphatic heterocycles. The minimum Gasteiger partial charge on any atom is -0.392 e. The van der Waals surface area contributed by atoms with Gasteiger partial charge in [-0.3, -0.25) is 19.2 Å². The van der Waals surface area contributed by atoms with Gasteiger partial charge >= 0.3 is 11.9 Å². The number of esters is 2. The van der Waals surface area contributed by atoms with Crippen molar-refractivity contribution in [1.29, 1.82) is 0 Å². The van der Waals surface area contributed by atoms with Gasteiger partial charge in [0.25, 0.3) is 0 Å². The minimum atomic E-state index is -1.10. The molecule has 5 nitrogen and oxygen atoms in total. The SMILES string of the molecule is CC(=O)CC(=O)OC(=O)C1(C(C)=O)CC1. The van der Waals surface area contributed by atoms with E-state index in [-0.39, 0.29) is 11.6 Å². The van der Waals surface area contributed by atoms with Crippen LogP contribution in [0.5, 0.6) is 0 Å². The Bertz CT molecular complexity index is 338. The molecule has 0 spiro atoms. The van der Waals surface area contributed by atoms with Crippen LogP contribution in [0.25, 0.3) is 0 Å². The Morgan fingerprint density at radius 2 is 1.67 bits per heavy atom. The number of hydrogen-bond acceptors (Lipinski definition) is 5. The predicted molar refractivity (Wildman–Crippen MR) is 48.7 cm³/mol. The number of carbonyl (C=O) groups excluding carboxylic acids is 4. The van der Waals surface area contributed by atoms with Crippen molar-refractivity contribution in [2.75, 3.05) is 0 Å². The van der Waals surface area contributed by atoms with Crippen LogP contribution >= 0.6 is 0 Å². The van der Waals surface area contributed by atoms with E-state index in [0.29, 0.717) is 12.8 Å². The van der Waals surface area contributed by atoms with Crippen molar-refractivity contribution in [2.45, 2.75) is 33.1 Å². The van der Waals surface area contributed by atoms with Crippen LogP contribution in [-0.2, 0) is 23.9 Å². The second-order valence-corrected chi connectivity index (χ2v) is 3.78. The van der Waals surface area contributed by atoms with Crippen molar-refractivity contribution in [3.05, 3.63) is 0 Å². The van der Waals surface area contributed by atoms with Gasteiger partial charge in [-0.15, -0.1) is 0 Å².